The van der Waals surface area contributed by atoms with Crippen LogP contribution < -0.4 is 5.32 Å². The number of urea groups is 1. The molecule has 0 unspecified atom stereocenters. The van der Waals surface area contributed by atoms with E-state index in [2.05, 4.69) is 18.5 Å². The van der Waals surface area contributed by atoms with Gasteiger partial charge in [-0.2, -0.15) is 4.90 Å². The van der Waals surface area contributed by atoms with Crippen LogP contribution in [0.5, 0.6) is 0 Å². The van der Waals surface area contributed by atoms with Crippen LogP contribution in [0.3, 0.4) is 0 Å². The third kappa shape index (κ3) is 3.07. The minimum absolute atomic E-state index is 0.211. The van der Waals surface area contributed by atoms with Crippen molar-refractivity contribution in [2.75, 3.05) is 0 Å². The van der Waals surface area contributed by atoms with E-state index in [1.54, 1.807) is 20.8 Å². The Kier molecular flexibility index (Phi) is 4.37. The summed E-state index contributed by atoms with van der Waals surface area (Å²) >= 11 is 0. The molecule has 0 spiro atoms. The Morgan fingerprint density at radius 2 is 1.80 bits per heavy atom. The van der Waals surface area contributed by atoms with E-state index in [0.717, 1.165) is 0 Å². The smallest absolute Gasteiger partial charge is 0.425 e. The summed E-state index contributed by atoms with van der Waals surface area (Å²) in [5.74, 6) is -0.642. The summed E-state index contributed by atoms with van der Waals surface area (Å²) in [7, 11) is 0. The number of amides is 4. The van der Waals surface area contributed by atoms with Crippen LogP contribution >= 0.6 is 0 Å². The van der Waals surface area contributed by atoms with E-state index in [1.165, 1.54) is 12.2 Å². The molecule has 0 saturated carbocycles. The van der Waals surface area contributed by atoms with Gasteiger partial charge in [-0.25, -0.2) is 9.59 Å². The molecule has 1 aliphatic heterocycles. The number of ether oxygens (including phenoxy) is 1. The zero-order valence-electron chi connectivity index (χ0n) is 12.1. The number of carbonyl (C=O) groups is 3. The summed E-state index contributed by atoms with van der Waals surface area (Å²) in [5.41, 5.74) is -1.99. The van der Waals surface area contributed by atoms with Crippen LogP contribution in [0.4, 0.5) is 9.59 Å². The van der Waals surface area contributed by atoms with Gasteiger partial charge < -0.3 is 10.1 Å². The first-order chi connectivity index (χ1) is 9.17. The summed E-state index contributed by atoms with van der Waals surface area (Å²) in [5, 5.41) is 2.53. The summed E-state index contributed by atoms with van der Waals surface area (Å²) in [6.07, 6.45) is 2.47. The quantitative estimate of drug-likeness (QED) is 0.633. The molecule has 0 aromatic carbocycles. The molecule has 6 heteroatoms. The van der Waals surface area contributed by atoms with E-state index >= 15 is 0 Å². The first-order valence-electron chi connectivity index (χ1n) is 6.28. The fourth-order valence-corrected chi connectivity index (χ4v) is 1.95. The van der Waals surface area contributed by atoms with Crippen LogP contribution in [0.25, 0.3) is 0 Å². The van der Waals surface area contributed by atoms with Gasteiger partial charge in [0.1, 0.15) is 11.1 Å². The number of nitrogens with zero attached hydrogens (tertiary/aromatic N) is 1. The van der Waals surface area contributed by atoms with Crippen LogP contribution in [0.1, 0.15) is 33.6 Å². The third-order valence-corrected chi connectivity index (χ3v) is 2.72. The Hall–Kier alpha value is -2.11. The van der Waals surface area contributed by atoms with Crippen molar-refractivity contribution in [2.45, 2.75) is 44.8 Å². The van der Waals surface area contributed by atoms with Crippen LogP contribution in [-0.2, 0) is 9.53 Å². The first kappa shape index (κ1) is 15.9. The zero-order valence-corrected chi connectivity index (χ0v) is 12.1. The first-order valence-corrected chi connectivity index (χ1v) is 6.28. The van der Waals surface area contributed by atoms with Gasteiger partial charge in [-0.05, 0) is 33.6 Å². The third-order valence-electron chi connectivity index (χ3n) is 2.72. The summed E-state index contributed by atoms with van der Waals surface area (Å²) in [6, 6.07) is -0.784. The summed E-state index contributed by atoms with van der Waals surface area (Å²) in [4.78, 5) is 36.7. The maximum atomic E-state index is 12.4. The average molecular weight is 280 g/mol. The Bertz CT molecular complexity index is 452. The van der Waals surface area contributed by atoms with Gasteiger partial charge in [0.2, 0.25) is 0 Å². The number of hydrogen-bond acceptors (Lipinski definition) is 4. The second-order valence-electron chi connectivity index (χ2n) is 5.62. The maximum absolute atomic E-state index is 12.4. The lowest BCUT2D eigenvalue weighted by atomic mass is 9.91. The van der Waals surface area contributed by atoms with E-state index in [-0.39, 0.29) is 12.8 Å². The number of rotatable bonds is 4. The molecule has 1 heterocycles. The van der Waals surface area contributed by atoms with Crippen molar-refractivity contribution in [1.82, 2.24) is 10.2 Å². The molecule has 1 saturated heterocycles. The van der Waals surface area contributed by atoms with Crippen molar-refractivity contribution in [3.63, 3.8) is 0 Å². The lowest BCUT2D eigenvalue weighted by Gasteiger charge is -2.24. The molecule has 20 heavy (non-hydrogen) atoms. The van der Waals surface area contributed by atoms with E-state index in [9.17, 15) is 14.4 Å². The fourth-order valence-electron chi connectivity index (χ4n) is 1.95. The molecule has 1 rings (SSSR count). The lowest BCUT2D eigenvalue weighted by Crippen LogP contribution is -2.47. The maximum Gasteiger partial charge on any atom is 0.425 e. The molecule has 0 aromatic heterocycles. The Morgan fingerprint density at radius 1 is 1.30 bits per heavy atom. The number of nitrogens with one attached hydrogen (secondary N) is 1. The van der Waals surface area contributed by atoms with E-state index in [0.29, 0.717) is 4.90 Å². The largest absolute Gasteiger partial charge is 0.443 e. The van der Waals surface area contributed by atoms with Gasteiger partial charge in [0.05, 0.1) is 0 Å². The molecular weight excluding hydrogens is 260 g/mol. The second kappa shape index (κ2) is 5.48. The normalized spacial score (nSPS) is 17.6. The zero-order chi connectivity index (χ0) is 15.6. The van der Waals surface area contributed by atoms with Crippen LogP contribution in [-0.4, -0.2) is 34.1 Å². The van der Waals surface area contributed by atoms with Crippen molar-refractivity contribution < 1.29 is 19.1 Å². The van der Waals surface area contributed by atoms with Crippen LogP contribution in [0.15, 0.2) is 25.3 Å². The molecule has 0 radical (unpaired) electrons. The minimum atomic E-state index is -1.20. The molecule has 110 valence electrons. The van der Waals surface area contributed by atoms with Gasteiger partial charge in [0.25, 0.3) is 5.91 Å². The van der Waals surface area contributed by atoms with Crippen molar-refractivity contribution in [3.8, 4) is 0 Å². The second-order valence-corrected chi connectivity index (χ2v) is 5.62. The van der Waals surface area contributed by atoms with E-state index < -0.39 is 29.2 Å². The summed E-state index contributed by atoms with van der Waals surface area (Å²) in [6.45, 7) is 12.1. The monoisotopic (exact) mass is 280 g/mol. The van der Waals surface area contributed by atoms with Gasteiger partial charge in [0.15, 0.2) is 0 Å². The number of imide groups is 3. The highest BCUT2D eigenvalue weighted by molar-refractivity contribution is 6.17. The Balaban J connectivity index is 3.04. The highest BCUT2D eigenvalue weighted by atomic mass is 16.6. The Morgan fingerprint density at radius 3 is 2.20 bits per heavy atom. The van der Waals surface area contributed by atoms with Gasteiger partial charge in [-0.15, -0.1) is 13.2 Å². The average Bonchev–Trinajstić information content (AvgIpc) is 2.49. The number of hydrogen-bond donors (Lipinski definition) is 1. The van der Waals surface area contributed by atoms with Crippen molar-refractivity contribution in [2.24, 2.45) is 0 Å². The van der Waals surface area contributed by atoms with Gasteiger partial charge in [0, 0.05) is 0 Å². The molecule has 0 atom stereocenters. The predicted molar refractivity (Wildman–Crippen MR) is 74.0 cm³/mol. The Labute approximate surface area is 118 Å². The van der Waals surface area contributed by atoms with Crippen molar-refractivity contribution >= 4 is 18.0 Å². The van der Waals surface area contributed by atoms with Crippen molar-refractivity contribution in [3.05, 3.63) is 25.3 Å². The van der Waals surface area contributed by atoms with Crippen LogP contribution in [0.2, 0.25) is 0 Å². The molecule has 4 amide bonds. The molecule has 0 bridgehead atoms. The van der Waals surface area contributed by atoms with Gasteiger partial charge in [-0.3, -0.25) is 4.79 Å². The lowest BCUT2D eigenvalue weighted by molar-refractivity contribution is -0.130. The standard InChI is InChI=1S/C14H20N2O4/c1-6-8-14(9-7-2)10(17)16(11(18)15-14)12(19)20-13(3,4)5/h6-7H,1-2,8-9H2,3-5H3,(H,15,18). The van der Waals surface area contributed by atoms with Gasteiger partial charge >= 0.3 is 12.1 Å². The molecule has 0 aliphatic carbocycles. The summed E-state index contributed by atoms with van der Waals surface area (Å²) < 4.78 is 5.07. The van der Waals surface area contributed by atoms with E-state index in [4.69, 9.17) is 4.74 Å². The molecular formula is C14H20N2O4. The molecule has 6 nitrogen and oxygen atoms in total. The molecule has 1 N–H and O–H groups in total. The minimum Gasteiger partial charge on any atom is -0.443 e. The fraction of sp³-hybridized carbons (Fsp3) is 0.500. The van der Waals surface area contributed by atoms with Crippen molar-refractivity contribution in [1.29, 1.82) is 0 Å². The molecule has 1 aliphatic rings. The predicted octanol–water partition coefficient (Wildman–Crippen LogP) is 2.36. The highest BCUT2D eigenvalue weighted by Crippen LogP contribution is 2.27. The SMILES string of the molecule is C=CCC1(CC=C)NC(=O)N(C(=O)OC(C)(C)C)C1=O. The van der Waals surface area contributed by atoms with Gasteiger partial charge in [-0.1, -0.05) is 12.2 Å². The highest BCUT2D eigenvalue weighted by Gasteiger charge is 2.53. The molecule has 1 fully saturated rings. The number of carbonyl (C=O) groups excluding carboxylic acids is 3. The topological polar surface area (TPSA) is 75.7 Å². The van der Waals surface area contributed by atoms with E-state index in [1.807, 2.05) is 0 Å². The van der Waals surface area contributed by atoms with Crippen LogP contribution in [0, 0.1) is 0 Å². The molecule has 0 aromatic rings.